The third-order valence-electron chi connectivity index (χ3n) is 4.98. The van der Waals surface area contributed by atoms with Crippen molar-refractivity contribution in [3.05, 3.63) is 24.3 Å². The van der Waals surface area contributed by atoms with Gasteiger partial charge in [-0.15, -0.1) is 0 Å². The van der Waals surface area contributed by atoms with Crippen LogP contribution in [0, 0.1) is 0 Å². The van der Waals surface area contributed by atoms with Gasteiger partial charge in [0.2, 0.25) is 0 Å². The molecule has 1 aromatic carbocycles. The Balaban J connectivity index is 1.34. The highest BCUT2D eigenvalue weighted by molar-refractivity contribution is 5.31. The first kappa shape index (κ1) is 15.6. The largest absolute Gasteiger partial charge is 0.497 e. The molecule has 2 fully saturated rings. The first-order valence-corrected chi connectivity index (χ1v) is 8.58. The maximum Gasteiger partial charge on any atom is 0.119 e. The minimum absolute atomic E-state index is 0.760. The molecule has 0 unspecified atom stereocenters. The van der Waals surface area contributed by atoms with Crippen molar-refractivity contribution in [1.29, 1.82) is 0 Å². The molecule has 1 saturated heterocycles. The molecular weight excluding hydrogens is 276 g/mol. The molecule has 1 saturated carbocycles. The summed E-state index contributed by atoms with van der Waals surface area (Å²) < 4.78 is 11.0. The number of hydrogen-bond donors (Lipinski definition) is 0. The molecule has 2 aliphatic rings. The number of rotatable bonds is 6. The summed E-state index contributed by atoms with van der Waals surface area (Å²) in [4.78, 5) is 5.23. The molecular formula is C18H28N2O2. The lowest BCUT2D eigenvalue weighted by molar-refractivity contribution is 0.0881. The molecule has 1 aliphatic heterocycles. The fourth-order valence-electron chi connectivity index (χ4n) is 3.59. The fraction of sp³-hybridized carbons (Fsp3) is 0.667. The number of hydrogen-bond acceptors (Lipinski definition) is 4. The van der Waals surface area contributed by atoms with Gasteiger partial charge in [0.25, 0.3) is 0 Å². The van der Waals surface area contributed by atoms with E-state index in [1.165, 1.54) is 51.9 Å². The molecule has 22 heavy (non-hydrogen) atoms. The lowest BCUT2D eigenvalue weighted by Crippen LogP contribution is -2.50. The Kier molecular flexibility index (Phi) is 5.57. The van der Waals surface area contributed by atoms with Gasteiger partial charge < -0.3 is 9.47 Å². The van der Waals surface area contributed by atoms with Crippen molar-refractivity contribution < 1.29 is 9.47 Å². The van der Waals surface area contributed by atoms with Crippen LogP contribution in [0.4, 0.5) is 0 Å². The Labute approximate surface area is 134 Å². The van der Waals surface area contributed by atoms with Crippen LogP contribution in [0.25, 0.3) is 0 Å². The summed E-state index contributed by atoms with van der Waals surface area (Å²) in [7, 11) is 1.68. The molecule has 0 spiro atoms. The zero-order valence-electron chi connectivity index (χ0n) is 13.7. The molecule has 122 valence electrons. The third kappa shape index (κ3) is 4.14. The molecule has 0 N–H and O–H groups in total. The second-order valence-electron chi connectivity index (χ2n) is 6.34. The predicted octanol–water partition coefficient (Wildman–Crippen LogP) is 2.63. The second-order valence-corrected chi connectivity index (χ2v) is 6.34. The van der Waals surface area contributed by atoms with Crippen LogP contribution < -0.4 is 9.47 Å². The van der Waals surface area contributed by atoms with Gasteiger partial charge in [-0.05, 0) is 37.1 Å². The Morgan fingerprint density at radius 1 is 0.955 bits per heavy atom. The van der Waals surface area contributed by atoms with Gasteiger partial charge in [0.15, 0.2) is 0 Å². The van der Waals surface area contributed by atoms with Gasteiger partial charge >= 0.3 is 0 Å². The van der Waals surface area contributed by atoms with E-state index in [0.29, 0.717) is 0 Å². The Morgan fingerprint density at radius 2 is 1.59 bits per heavy atom. The van der Waals surface area contributed by atoms with Gasteiger partial charge in [-0.2, -0.15) is 0 Å². The summed E-state index contributed by atoms with van der Waals surface area (Å²) in [5.41, 5.74) is 0. The summed E-state index contributed by atoms with van der Waals surface area (Å²) in [6.07, 6.45) is 5.70. The predicted molar refractivity (Wildman–Crippen MR) is 88.8 cm³/mol. The van der Waals surface area contributed by atoms with Crippen LogP contribution in [0.15, 0.2) is 24.3 Å². The minimum Gasteiger partial charge on any atom is -0.497 e. The van der Waals surface area contributed by atoms with Crippen LogP contribution in [0.1, 0.15) is 25.7 Å². The van der Waals surface area contributed by atoms with E-state index in [1.54, 1.807) is 7.11 Å². The number of nitrogens with zero attached hydrogens (tertiary/aromatic N) is 2. The zero-order chi connectivity index (χ0) is 15.2. The Hall–Kier alpha value is -1.26. The maximum atomic E-state index is 5.82. The average molecular weight is 304 g/mol. The van der Waals surface area contributed by atoms with Gasteiger partial charge in [0, 0.05) is 38.8 Å². The van der Waals surface area contributed by atoms with Crippen molar-refractivity contribution in [1.82, 2.24) is 9.80 Å². The molecule has 4 nitrogen and oxygen atoms in total. The van der Waals surface area contributed by atoms with Crippen LogP contribution in [0.5, 0.6) is 11.5 Å². The van der Waals surface area contributed by atoms with Gasteiger partial charge in [-0.1, -0.05) is 12.8 Å². The normalized spacial score (nSPS) is 21.1. The van der Waals surface area contributed by atoms with Gasteiger partial charge in [-0.3, -0.25) is 9.80 Å². The first-order chi connectivity index (χ1) is 10.8. The van der Waals surface area contributed by atoms with Crippen molar-refractivity contribution in [3.63, 3.8) is 0 Å². The number of piperazine rings is 1. The molecule has 4 heteroatoms. The highest BCUT2D eigenvalue weighted by Gasteiger charge is 2.25. The van der Waals surface area contributed by atoms with Crippen LogP contribution >= 0.6 is 0 Å². The van der Waals surface area contributed by atoms with Crippen LogP contribution in [-0.4, -0.2) is 62.3 Å². The Bertz CT molecular complexity index is 435. The molecule has 1 heterocycles. The molecule has 3 rings (SSSR count). The monoisotopic (exact) mass is 304 g/mol. The van der Waals surface area contributed by atoms with Gasteiger partial charge in [0.1, 0.15) is 18.1 Å². The second kappa shape index (κ2) is 7.84. The minimum atomic E-state index is 0.760. The smallest absolute Gasteiger partial charge is 0.119 e. The average Bonchev–Trinajstić information content (AvgIpc) is 3.11. The lowest BCUT2D eigenvalue weighted by Gasteiger charge is -2.38. The third-order valence-corrected chi connectivity index (χ3v) is 4.98. The van der Waals surface area contributed by atoms with Crippen LogP contribution in [-0.2, 0) is 0 Å². The van der Waals surface area contributed by atoms with E-state index in [2.05, 4.69) is 9.80 Å². The molecule has 0 radical (unpaired) electrons. The first-order valence-electron chi connectivity index (χ1n) is 8.58. The van der Waals surface area contributed by atoms with Gasteiger partial charge in [0.05, 0.1) is 7.11 Å². The summed E-state index contributed by atoms with van der Waals surface area (Å²) in [5.74, 6) is 1.79. The van der Waals surface area contributed by atoms with Crippen LogP contribution in [0.2, 0.25) is 0 Å². The number of ether oxygens (including phenoxy) is 2. The summed E-state index contributed by atoms with van der Waals surface area (Å²) in [6.45, 7) is 6.60. The molecule has 0 aromatic heterocycles. The fourth-order valence-corrected chi connectivity index (χ4v) is 3.59. The van der Waals surface area contributed by atoms with Crippen molar-refractivity contribution in [3.8, 4) is 11.5 Å². The van der Waals surface area contributed by atoms with E-state index >= 15 is 0 Å². The van der Waals surface area contributed by atoms with E-state index in [4.69, 9.17) is 9.47 Å². The number of benzene rings is 1. The quantitative estimate of drug-likeness (QED) is 0.806. The van der Waals surface area contributed by atoms with Crippen LogP contribution in [0.3, 0.4) is 0 Å². The molecule has 0 bridgehead atoms. The highest BCUT2D eigenvalue weighted by Crippen LogP contribution is 2.24. The summed E-state index contributed by atoms with van der Waals surface area (Å²) in [5, 5.41) is 0. The van der Waals surface area contributed by atoms with Gasteiger partial charge in [-0.25, -0.2) is 0 Å². The maximum absolute atomic E-state index is 5.82. The van der Waals surface area contributed by atoms with E-state index in [0.717, 1.165) is 30.7 Å². The van der Waals surface area contributed by atoms with Crippen molar-refractivity contribution in [2.45, 2.75) is 31.7 Å². The molecule has 1 aromatic rings. The SMILES string of the molecule is COc1ccc(OCCN2CCN(C3CCCC3)CC2)cc1. The summed E-state index contributed by atoms with van der Waals surface area (Å²) >= 11 is 0. The number of methoxy groups -OCH3 is 1. The topological polar surface area (TPSA) is 24.9 Å². The highest BCUT2D eigenvalue weighted by atomic mass is 16.5. The molecule has 1 aliphatic carbocycles. The molecule has 0 amide bonds. The van der Waals surface area contributed by atoms with E-state index in [1.807, 2.05) is 24.3 Å². The Morgan fingerprint density at radius 3 is 2.23 bits per heavy atom. The lowest BCUT2D eigenvalue weighted by atomic mass is 10.2. The van der Waals surface area contributed by atoms with Crippen molar-refractivity contribution in [2.24, 2.45) is 0 Å². The zero-order valence-corrected chi connectivity index (χ0v) is 13.7. The van der Waals surface area contributed by atoms with Crippen molar-refractivity contribution in [2.75, 3.05) is 46.4 Å². The van der Waals surface area contributed by atoms with Crippen molar-refractivity contribution >= 4 is 0 Å². The molecule has 0 atom stereocenters. The van der Waals surface area contributed by atoms with E-state index in [-0.39, 0.29) is 0 Å². The van der Waals surface area contributed by atoms with E-state index < -0.39 is 0 Å². The van der Waals surface area contributed by atoms with E-state index in [9.17, 15) is 0 Å². The standard InChI is InChI=1S/C18H28N2O2/c1-21-17-6-8-18(9-7-17)22-15-14-19-10-12-20(13-11-19)16-4-2-3-5-16/h6-9,16H,2-5,10-15H2,1H3. The summed E-state index contributed by atoms with van der Waals surface area (Å²) in [6, 6.07) is 8.69.